The molecule has 122 valence electrons. The van der Waals surface area contributed by atoms with E-state index in [-0.39, 0.29) is 12.5 Å². The van der Waals surface area contributed by atoms with E-state index in [0.29, 0.717) is 16.4 Å². The first-order valence-corrected chi connectivity index (χ1v) is 8.02. The lowest BCUT2D eigenvalue weighted by Gasteiger charge is -2.06. The highest BCUT2D eigenvalue weighted by Crippen LogP contribution is 2.27. The fourth-order valence-electron chi connectivity index (χ4n) is 2.14. The first kappa shape index (κ1) is 15.9. The number of thiazole rings is 1. The van der Waals surface area contributed by atoms with E-state index in [4.69, 9.17) is 10.5 Å². The van der Waals surface area contributed by atoms with Crippen LogP contribution < -0.4 is 15.8 Å². The van der Waals surface area contributed by atoms with Crippen LogP contribution in [-0.4, -0.2) is 23.4 Å². The number of nitrogens with one attached hydrogen (secondary N) is 1. The molecular weight excluding hydrogens is 326 g/mol. The molecule has 6 nitrogen and oxygen atoms in total. The van der Waals surface area contributed by atoms with Gasteiger partial charge in [0.15, 0.2) is 11.7 Å². The fraction of sp³-hybridized carbons (Fsp3) is 0.118. The molecule has 24 heavy (non-hydrogen) atoms. The molecule has 3 aromatic rings. The van der Waals surface area contributed by atoms with E-state index in [1.165, 1.54) is 11.3 Å². The zero-order valence-corrected chi connectivity index (χ0v) is 13.7. The van der Waals surface area contributed by atoms with E-state index in [1.54, 1.807) is 24.3 Å². The Balaban J connectivity index is 1.76. The van der Waals surface area contributed by atoms with Gasteiger partial charge in [0.05, 0.1) is 10.2 Å². The molecule has 1 heterocycles. The normalized spacial score (nSPS) is 10.5. The van der Waals surface area contributed by atoms with Crippen molar-refractivity contribution < 1.29 is 14.3 Å². The average Bonchev–Trinajstić information content (AvgIpc) is 2.94. The molecule has 0 atom stereocenters. The zero-order valence-electron chi connectivity index (χ0n) is 12.9. The second-order valence-electron chi connectivity index (χ2n) is 5.23. The summed E-state index contributed by atoms with van der Waals surface area (Å²) in [7, 11) is 0. The Morgan fingerprint density at radius 1 is 1.25 bits per heavy atom. The van der Waals surface area contributed by atoms with E-state index in [9.17, 15) is 9.59 Å². The third kappa shape index (κ3) is 3.69. The van der Waals surface area contributed by atoms with Crippen LogP contribution in [0.3, 0.4) is 0 Å². The van der Waals surface area contributed by atoms with E-state index in [0.717, 1.165) is 15.8 Å². The van der Waals surface area contributed by atoms with Crippen molar-refractivity contribution in [2.45, 2.75) is 6.92 Å². The molecule has 7 heteroatoms. The first-order valence-electron chi connectivity index (χ1n) is 7.21. The van der Waals surface area contributed by atoms with Gasteiger partial charge in [-0.05, 0) is 42.8 Å². The number of anilines is 1. The van der Waals surface area contributed by atoms with Gasteiger partial charge in [0.25, 0.3) is 11.8 Å². The van der Waals surface area contributed by atoms with Crippen LogP contribution >= 0.6 is 11.3 Å². The number of aryl methyl sites for hydroxylation is 1. The minimum absolute atomic E-state index is 0.234. The van der Waals surface area contributed by atoms with Gasteiger partial charge in [-0.2, -0.15) is 0 Å². The van der Waals surface area contributed by atoms with Crippen molar-refractivity contribution in [3.8, 4) is 5.75 Å². The van der Waals surface area contributed by atoms with Crippen LogP contribution in [0.25, 0.3) is 10.2 Å². The van der Waals surface area contributed by atoms with Crippen LogP contribution in [0.1, 0.15) is 15.9 Å². The lowest BCUT2D eigenvalue weighted by molar-refractivity contribution is -0.119. The lowest BCUT2D eigenvalue weighted by Crippen LogP contribution is -2.20. The number of aromatic nitrogens is 1. The van der Waals surface area contributed by atoms with Crippen molar-refractivity contribution in [2.75, 3.05) is 11.9 Å². The highest BCUT2D eigenvalue weighted by atomic mass is 32.1. The fourth-order valence-corrected chi connectivity index (χ4v) is 3.10. The molecule has 0 aliphatic heterocycles. The van der Waals surface area contributed by atoms with Crippen molar-refractivity contribution in [3.05, 3.63) is 53.6 Å². The highest BCUT2D eigenvalue weighted by molar-refractivity contribution is 7.22. The summed E-state index contributed by atoms with van der Waals surface area (Å²) in [6, 6.07) is 12.5. The quantitative estimate of drug-likeness (QED) is 0.746. The third-order valence-electron chi connectivity index (χ3n) is 3.24. The Labute approximate surface area is 142 Å². The maximum atomic E-state index is 12.4. The van der Waals surface area contributed by atoms with Crippen LogP contribution in [0, 0.1) is 6.92 Å². The van der Waals surface area contributed by atoms with Crippen molar-refractivity contribution in [3.63, 3.8) is 0 Å². The van der Waals surface area contributed by atoms with Gasteiger partial charge in [-0.3, -0.25) is 14.9 Å². The molecule has 0 aliphatic rings. The molecule has 3 rings (SSSR count). The Morgan fingerprint density at radius 2 is 2.08 bits per heavy atom. The summed E-state index contributed by atoms with van der Waals surface area (Å²) in [6.45, 7) is 1.78. The SMILES string of the molecule is Cc1ccc2nc(NC(=O)c3cccc(OCC(N)=O)c3)sc2c1. The summed E-state index contributed by atoms with van der Waals surface area (Å²) in [5, 5.41) is 3.31. The molecule has 0 spiro atoms. The largest absolute Gasteiger partial charge is 0.484 e. The number of primary amides is 1. The Hall–Kier alpha value is -2.93. The highest BCUT2D eigenvalue weighted by Gasteiger charge is 2.11. The number of amides is 2. The van der Waals surface area contributed by atoms with Gasteiger partial charge in [0, 0.05) is 5.56 Å². The Kier molecular flexibility index (Phi) is 4.43. The number of ether oxygens (including phenoxy) is 1. The van der Waals surface area contributed by atoms with E-state index < -0.39 is 5.91 Å². The van der Waals surface area contributed by atoms with E-state index in [1.807, 2.05) is 25.1 Å². The molecular formula is C17H15N3O3S. The maximum Gasteiger partial charge on any atom is 0.257 e. The van der Waals surface area contributed by atoms with Gasteiger partial charge in [-0.1, -0.05) is 23.5 Å². The number of nitrogens with two attached hydrogens (primary N) is 1. The van der Waals surface area contributed by atoms with Crippen molar-refractivity contribution in [2.24, 2.45) is 5.73 Å². The molecule has 0 bridgehead atoms. The number of nitrogens with zero attached hydrogens (tertiary/aromatic N) is 1. The average molecular weight is 341 g/mol. The van der Waals surface area contributed by atoms with Gasteiger partial charge >= 0.3 is 0 Å². The molecule has 2 aromatic carbocycles. The molecule has 0 fully saturated rings. The van der Waals surface area contributed by atoms with E-state index in [2.05, 4.69) is 10.3 Å². The summed E-state index contributed by atoms with van der Waals surface area (Å²) < 4.78 is 6.22. The molecule has 0 radical (unpaired) electrons. The summed E-state index contributed by atoms with van der Waals surface area (Å²) >= 11 is 1.42. The van der Waals surface area contributed by atoms with Crippen LogP contribution in [0.4, 0.5) is 5.13 Å². The van der Waals surface area contributed by atoms with Gasteiger partial charge in [-0.25, -0.2) is 4.98 Å². The summed E-state index contributed by atoms with van der Waals surface area (Å²) in [5.74, 6) is -0.466. The predicted octanol–water partition coefficient (Wildman–Crippen LogP) is 2.72. The van der Waals surface area contributed by atoms with E-state index >= 15 is 0 Å². The summed E-state index contributed by atoms with van der Waals surface area (Å²) in [6.07, 6.45) is 0. The third-order valence-corrected chi connectivity index (χ3v) is 4.18. The standard InChI is InChI=1S/C17H15N3O3S/c1-10-5-6-13-14(7-10)24-17(19-13)20-16(22)11-3-2-4-12(8-11)23-9-15(18)21/h2-8H,9H2,1H3,(H2,18,21)(H,19,20,22). The summed E-state index contributed by atoms with van der Waals surface area (Å²) in [4.78, 5) is 27.5. The summed E-state index contributed by atoms with van der Waals surface area (Å²) in [5.41, 5.74) is 7.44. The number of carbonyl (C=O) groups is 2. The lowest BCUT2D eigenvalue weighted by atomic mass is 10.2. The number of hydrogen-bond acceptors (Lipinski definition) is 5. The Morgan fingerprint density at radius 3 is 2.88 bits per heavy atom. The molecule has 0 saturated heterocycles. The molecule has 1 aromatic heterocycles. The van der Waals surface area contributed by atoms with Crippen molar-refractivity contribution >= 4 is 38.5 Å². The number of hydrogen-bond donors (Lipinski definition) is 2. The number of benzene rings is 2. The van der Waals surface area contributed by atoms with Gasteiger partial charge in [0.1, 0.15) is 5.75 Å². The van der Waals surface area contributed by atoms with Gasteiger partial charge < -0.3 is 10.5 Å². The molecule has 2 amide bonds. The number of fused-ring (bicyclic) bond motifs is 1. The Bertz CT molecular complexity index is 920. The topological polar surface area (TPSA) is 94.3 Å². The monoisotopic (exact) mass is 341 g/mol. The minimum atomic E-state index is -0.574. The zero-order chi connectivity index (χ0) is 17.1. The van der Waals surface area contributed by atoms with Gasteiger partial charge in [0.2, 0.25) is 0 Å². The molecule has 0 aliphatic carbocycles. The predicted molar refractivity (Wildman–Crippen MR) is 93.4 cm³/mol. The van der Waals surface area contributed by atoms with Crippen LogP contribution in [0.5, 0.6) is 5.75 Å². The number of rotatable bonds is 5. The van der Waals surface area contributed by atoms with Crippen molar-refractivity contribution in [1.82, 2.24) is 4.98 Å². The van der Waals surface area contributed by atoms with Crippen LogP contribution in [0.2, 0.25) is 0 Å². The second kappa shape index (κ2) is 6.67. The molecule has 0 saturated carbocycles. The maximum absolute atomic E-state index is 12.4. The van der Waals surface area contributed by atoms with Crippen LogP contribution in [-0.2, 0) is 4.79 Å². The molecule has 0 unspecified atom stereocenters. The van der Waals surface area contributed by atoms with Gasteiger partial charge in [-0.15, -0.1) is 0 Å². The first-order chi connectivity index (χ1) is 11.5. The smallest absolute Gasteiger partial charge is 0.257 e. The van der Waals surface area contributed by atoms with Crippen LogP contribution in [0.15, 0.2) is 42.5 Å². The second-order valence-corrected chi connectivity index (χ2v) is 6.26. The minimum Gasteiger partial charge on any atom is -0.484 e. The number of carbonyl (C=O) groups excluding carboxylic acids is 2. The molecule has 3 N–H and O–H groups in total. The van der Waals surface area contributed by atoms with Crippen molar-refractivity contribution in [1.29, 1.82) is 0 Å².